The number of amides is 3. The van der Waals surface area contributed by atoms with Crippen molar-refractivity contribution in [3.8, 4) is 0 Å². The van der Waals surface area contributed by atoms with E-state index in [-0.39, 0.29) is 18.0 Å². The first kappa shape index (κ1) is 16.8. The summed E-state index contributed by atoms with van der Waals surface area (Å²) in [7, 11) is 0. The lowest BCUT2D eigenvalue weighted by Gasteiger charge is -2.18. The SMILES string of the molecule is CC(NCCCN1C(=O)NC(C)(C)C1=O)c1ccccc1Cl. The summed E-state index contributed by atoms with van der Waals surface area (Å²) in [6.07, 6.45) is 0.698. The zero-order chi connectivity index (χ0) is 16.3. The summed E-state index contributed by atoms with van der Waals surface area (Å²) < 4.78 is 0. The second kappa shape index (κ2) is 6.67. The minimum Gasteiger partial charge on any atom is -0.324 e. The van der Waals surface area contributed by atoms with Crippen molar-refractivity contribution in [1.82, 2.24) is 15.5 Å². The molecule has 0 bridgehead atoms. The number of imide groups is 1. The first-order valence-electron chi connectivity index (χ1n) is 7.45. The van der Waals surface area contributed by atoms with Gasteiger partial charge in [0.2, 0.25) is 0 Å². The van der Waals surface area contributed by atoms with Gasteiger partial charge in [-0.3, -0.25) is 9.69 Å². The van der Waals surface area contributed by atoms with Gasteiger partial charge in [-0.1, -0.05) is 29.8 Å². The number of hydrogen-bond donors (Lipinski definition) is 2. The third-order valence-electron chi connectivity index (χ3n) is 3.83. The molecule has 1 heterocycles. The Hall–Kier alpha value is -1.59. The Bertz CT molecular complexity index is 574. The normalized spacial score (nSPS) is 18.5. The van der Waals surface area contributed by atoms with Crippen LogP contribution in [-0.2, 0) is 4.79 Å². The molecule has 0 radical (unpaired) electrons. The highest BCUT2D eigenvalue weighted by atomic mass is 35.5. The molecule has 1 fully saturated rings. The minimum absolute atomic E-state index is 0.119. The van der Waals surface area contributed by atoms with Gasteiger partial charge in [0.25, 0.3) is 5.91 Å². The topological polar surface area (TPSA) is 61.4 Å². The fraction of sp³-hybridized carbons (Fsp3) is 0.500. The monoisotopic (exact) mass is 323 g/mol. The van der Waals surface area contributed by atoms with Gasteiger partial charge < -0.3 is 10.6 Å². The molecule has 1 unspecified atom stereocenters. The van der Waals surface area contributed by atoms with Gasteiger partial charge in [0, 0.05) is 17.6 Å². The smallest absolute Gasteiger partial charge is 0.324 e. The zero-order valence-corrected chi connectivity index (χ0v) is 13.9. The van der Waals surface area contributed by atoms with E-state index >= 15 is 0 Å². The van der Waals surface area contributed by atoms with Crippen LogP contribution >= 0.6 is 11.6 Å². The van der Waals surface area contributed by atoms with E-state index in [9.17, 15) is 9.59 Å². The molecule has 2 rings (SSSR count). The van der Waals surface area contributed by atoms with E-state index in [2.05, 4.69) is 10.6 Å². The van der Waals surface area contributed by atoms with Gasteiger partial charge in [0.15, 0.2) is 0 Å². The highest BCUT2D eigenvalue weighted by molar-refractivity contribution is 6.31. The van der Waals surface area contributed by atoms with Gasteiger partial charge in [-0.15, -0.1) is 0 Å². The molecule has 5 nitrogen and oxygen atoms in total. The van der Waals surface area contributed by atoms with Gasteiger partial charge in [-0.25, -0.2) is 4.79 Å². The summed E-state index contributed by atoms with van der Waals surface area (Å²) in [6.45, 7) is 6.58. The van der Waals surface area contributed by atoms with Crippen LogP contribution in [0, 0.1) is 0 Å². The fourth-order valence-electron chi connectivity index (χ4n) is 2.51. The Labute approximate surface area is 136 Å². The molecule has 1 saturated heterocycles. The Morgan fingerprint density at radius 3 is 2.59 bits per heavy atom. The average molecular weight is 324 g/mol. The van der Waals surface area contributed by atoms with Gasteiger partial charge >= 0.3 is 6.03 Å². The van der Waals surface area contributed by atoms with Crippen LogP contribution < -0.4 is 10.6 Å². The molecule has 3 amide bonds. The largest absolute Gasteiger partial charge is 0.325 e. The Balaban J connectivity index is 1.79. The lowest BCUT2D eigenvalue weighted by atomic mass is 10.1. The molecular weight excluding hydrogens is 302 g/mol. The number of benzene rings is 1. The van der Waals surface area contributed by atoms with E-state index in [0.717, 1.165) is 10.6 Å². The molecule has 0 aromatic heterocycles. The predicted molar refractivity (Wildman–Crippen MR) is 86.8 cm³/mol. The standard InChI is InChI=1S/C16H22ClN3O2/c1-11(12-7-4-5-8-13(12)17)18-9-6-10-20-14(21)16(2,3)19-15(20)22/h4-5,7-8,11,18H,6,9-10H2,1-3H3,(H,19,22). The molecule has 1 atom stereocenters. The molecule has 1 aliphatic heterocycles. The van der Waals surface area contributed by atoms with E-state index < -0.39 is 5.54 Å². The fourth-order valence-corrected chi connectivity index (χ4v) is 2.81. The molecule has 0 aliphatic carbocycles. The summed E-state index contributed by atoms with van der Waals surface area (Å²) in [5.41, 5.74) is 0.246. The molecule has 120 valence electrons. The number of rotatable bonds is 6. The number of halogens is 1. The van der Waals surface area contributed by atoms with E-state index in [0.29, 0.717) is 19.5 Å². The number of carbonyl (C=O) groups is 2. The maximum absolute atomic E-state index is 12.0. The summed E-state index contributed by atoms with van der Waals surface area (Å²) in [5, 5.41) is 6.77. The molecule has 2 N–H and O–H groups in total. The van der Waals surface area contributed by atoms with Crippen molar-refractivity contribution < 1.29 is 9.59 Å². The molecule has 0 spiro atoms. The summed E-state index contributed by atoms with van der Waals surface area (Å²) in [5.74, 6) is -0.170. The van der Waals surface area contributed by atoms with Gasteiger partial charge in [0.1, 0.15) is 5.54 Å². The summed E-state index contributed by atoms with van der Waals surface area (Å²) in [6, 6.07) is 7.51. The van der Waals surface area contributed by atoms with Crippen molar-refractivity contribution in [2.45, 2.75) is 38.8 Å². The Morgan fingerprint density at radius 1 is 1.32 bits per heavy atom. The van der Waals surface area contributed by atoms with Crippen LogP contribution in [-0.4, -0.2) is 35.5 Å². The highest BCUT2D eigenvalue weighted by Crippen LogP contribution is 2.22. The average Bonchev–Trinajstić information content (AvgIpc) is 2.64. The molecule has 1 aliphatic rings. The van der Waals surface area contributed by atoms with Crippen molar-refractivity contribution in [3.63, 3.8) is 0 Å². The van der Waals surface area contributed by atoms with Crippen molar-refractivity contribution in [1.29, 1.82) is 0 Å². The van der Waals surface area contributed by atoms with Gasteiger partial charge in [0.05, 0.1) is 0 Å². The molecule has 6 heteroatoms. The first-order chi connectivity index (χ1) is 10.3. The lowest BCUT2D eigenvalue weighted by Crippen LogP contribution is -2.40. The third kappa shape index (κ3) is 3.59. The van der Waals surface area contributed by atoms with Gasteiger partial charge in [-0.2, -0.15) is 0 Å². The molecule has 1 aromatic carbocycles. The first-order valence-corrected chi connectivity index (χ1v) is 7.82. The van der Waals surface area contributed by atoms with Crippen LogP contribution in [0.2, 0.25) is 5.02 Å². The quantitative estimate of drug-likeness (QED) is 0.625. The van der Waals surface area contributed by atoms with Gasteiger partial charge in [-0.05, 0) is 45.4 Å². The van der Waals surface area contributed by atoms with Crippen molar-refractivity contribution in [2.75, 3.05) is 13.1 Å². The van der Waals surface area contributed by atoms with E-state index in [4.69, 9.17) is 11.6 Å². The van der Waals surface area contributed by atoms with Crippen molar-refractivity contribution in [3.05, 3.63) is 34.9 Å². The van der Waals surface area contributed by atoms with Crippen molar-refractivity contribution >= 4 is 23.5 Å². The number of nitrogens with zero attached hydrogens (tertiary/aromatic N) is 1. The Morgan fingerprint density at radius 2 is 2.00 bits per heavy atom. The second-order valence-electron chi connectivity index (χ2n) is 6.06. The van der Waals surface area contributed by atoms with Crippen LogP contribution in [0.25, 0.3) is 0 Å². The van der Waals surface area contributed by atoms with Crippen LogP contribution in [0.15, 0.2) is 24.3 Å². The maximum Gasteiger partial charge on any atom is 0.325 e. The summed E-state index contributed by atoms with van der Waals surface area (Å²) in [4.78, 5) is 25.1. The second-order valence-corrected chi connectivity index (χ2v) is 6.47. The van der Waals surface area contributed by atoms with E-state index in [1.165, 1.54) is 4.90 Å². The maximum atomic E-state index is 12.0. The zero-order valence-electron chi connectivity index (χ0n) is 13.1. The lowest BCUT2D eigenvalue weighted by molar-refractivity contribution is -0.130. The van der Waals surface area contributed by atoms with E-state index in [1.54, 1.807) is 13.8 Å². The van der Waals surface area contributed by atoms with E-state index in [1.807, 2.05) is 31.2 Å². The number of urea groups is 1. The van der Waals surface area contributed by atoms with Crippen LogP contribution in [0.3, 0.4) is 0 Å². The minimum atomic E-state index is -0.796. The highest BCUT2D eigenvalue weighted by Gasteiger charge is 2.43. The molecular formula is C16H22ClN3O2. The molecule has 22 heavy (non-hydrogen) atoms. The molecule has 0 saturated carbocycles. The van der Waals surface area contributed by atoms with Crippen LogP contribution in [0.4, 0.5) is 4.79 Å². The predicted octanol–water partition coefficient (Wildman–Crippen LogP) is 2.71. The molecule has 1 aromatic rings. The van der Waals surface area contributed by atoms with Crippen molar-refractivity contribution in [2.24, 2.45) is 0 Å². The number of hydrogen-bond acceptors (Lipinski definition) is 3. The number of nitrogens with one attached hydrogen (secondary N) is 2. The number of carbonyl (C=O) groups excluding carboxylic acids is 2. The third-order valence-corrected chi connectivity index (χ3v) is 4.17. The summed E-state index contributed by atoms with van der Waals surface area (Å²) >= 11 is 6.16. The Kier molecular flexibility index (Phi) is 5.08. The van der Waals surface area contributed by atoms with Crippen LogP contribution in [0.5, 0.6) is 0 Å². The van der Waals surface area contributed by atoms with Crippen LogP contribution in [0.1, 0.15) is 38.8 Å².